The largest absolute Gasteiger partial charge is 0.472 e. The molecular weight excluding hydrogens is 1610 g/mol. The second-order valence-electron chi connectivity index (χ2n) is 36.7. The molecule has 2 rings (SSSR count). The van der Waals surface area contributed by atoms with Gasteiger partial charge in [0.25, 0.3) is 0 Å². The third-order valence-corrected chi connectivity index (χ3v) is 25.3. The quantitative estimate of drug-likeness (QED) is 0.00898. The van der Waals surface area contributed by atoms with Crippen LogP contribution in [0.5, 0.6) is 0 Å². The predicted octanol–water partition coefficient (Wildman–Crippen LogP) is 22.6. The smallest absolute Gasteiger partial charge is 0.462 e. The molecule has 10 unspecified atom stereocenters. The molecular formula is C100H187N2O22P. The lowest BCUT2D eigenvalue weighted by Gasteiger charge is -2.46. The van der Waals surface area contributed by atoms with Crippen LogP contribution in [-0.2, 0) is 71.0 Å². The zero-order chi connectivity index (χ0) is 91.4. The summed E-state index contributed by atoms with van der Waals surface area (Å²) < 4.78 is 61.7. The maximum Gasteiger partial charge on any atom is 0.472 e. The van der Waals surface area contributed by atoms with Crippen LogP contribution < -0.4 is 10.6 Å². The number of aliphatic hydroxyl groups is 5. The number of hydrogen-bond donors (Lipinski definition) is 9. The summed E-state index contributed by atoms with van der Waals surface area (Å²) in [5.74, 6) is -4.52. The summed E-state index contributed by atoms with van der Waals surface area (Å²) in [6.45, 7) is 11.4. The highest BCUT2D eigenvalue weighted by Crippen LogP contribution is 2.42. The Morgan fingerprint density at radius 3 is 1.01 bits per heavy atom. The number of hydrogen-bond acceptors (Lipinski definition) is 20. The number of amides is 2. The Bertz CT molecular complexity index is 2670. The number of ether oxygens (including phenoxy) is 7. The second-order valence-corrected chi connectivity index (χ2v) is 37.9. The molecule has 25 heteroatoms. The fraction of sp³-hybridized carbons (Fsp3) is 0.920. The third-order valence-electron chi connectivity index (χ3n) is 24.8. The average Bonchev–Trinajstić information content (AvgIpc) is 0.785. The molecule has 0 bridgehead atoms. The number of allylic oxidation sites excluding steroid dienone is 2. The van der Waals surface area contributed by atoms with Gasteiger partial charge >= 0.3 is 31.7 Å². The van der Waals surface area contributed by atoms with E-state index < -0.39 is 168 Å². The highest BCUT2D eigenvalue weighted by atomic mass is 31.2. The van der Waals surface area contributed by atoms with Crippen molar-refractivity contribution in [2.75, 3.05) is 13.2 Å². The highest BCUT2D eigenvalue weighted by Gasteiger charge is 2.53. The van der Waals surface area contributed by atoms with E-state index in [1.165, 1.54) is 128 Å². The molecule has 9 N–H and O–H groups in total. The number of carbonyl (C=O) groups is 6. The Morgan fingerprint density at radius 2 is 0.640 bits per heavy atom. The Hall–Kier alpha value is -3.65. The maximum atomic E-state index is 15.1. The Morgan fingerprint density at radius 1 is 0.352 bits per heavy atom. The number of phosphoric ester groups is 1. The van der Waals surface area contributed by atoms with Gasteiger partial charge in [-0.05, 0) is 77.0 Å². The fourth-order valence-corrected chi connectivity index (χ4v) is 17.5. The van der Waals surface area contributed by atoms with Crippen LogP contribution in [0.3, 0.4) is 0 Å². The van der Waals surface area contributed by atoms with Gasteiger partial charge in [-0.3, -0.25) is 33.3 Å². The molecule has 2 fully saturated rings. The molecule has 2 amide bonds. The van der Waals surface area contributed by atoms with Gasteiger partial charge in [0.2, 0.25) is 11.8 Å². The highest BCUT2D eigenvalue weighted by molar-refractivity contribution is 7.46. The van der Waals surface area contributed by atoms with Crippen molar-refractivity contribution in [3.63, 3.8) is 0 Å². The fourth-order valence-electron chi connectivity index (χ4n) is 17.1. The van der Waals surface area contributed by atoms with Crippen molar-refractivity contribution in [1.82, 2.24) is 10.6 Å². The zero-order valence-electron chi connectivity index (χ0n) is 79.9. The Balaban J connectivity index is 2.71. The number of esters is 4. The molecule has 0 spiro atoms. The van der Waals surface area contributed by atoms with Crippen LogP contribution in [0.25, 0.3) is 0 Å². The molecule has 2 saturated heterocycles. The van der Waals surface area contributed by atoms with Crippen molar-refractivity contribution in [2.45, 2.75) is 577 Å². The molecule has 0 radical (unpaired) electrons. The lowest BCUT2D eigenvalue weighted by molar-refractivity contribution is -0.298. The van der Waals surface area contributed by atoms with Gasteiger partial charge in [-0.25, -0.2) is 4.57 Å². The third kappa shape index (κ3) is 64.0. The summed E-state index contributed by atoms with van der Waals surface area (Å²) in [5, 5.41) is 63.8. The van der Waals surface area contributed by atoms with Crippen LogP contribution in [0.1, 0.15) is 491 Å². The van der Waals surface area contributed by atoms with Crippen molar-refractivity contribution in [2.24, 2.45) is 0 Å². The topological polar surface area (TPSA) is 359 Å². The molecule has 0 saturated carbocycles. The molecule has 0 aromatic carbocycles. The van der Waals surface area contributed by atoms with Crippen LogP contribution in [-0.4, -0.2) is 170 Å². The van der Waals surface area contributed by atoms with Crippen LogP contribution in [0, 0.1) is 0 Å². The molecule has 125 heavy (non-hydrogen) atoms. The Labute approximate surface area is 758 Å². The number of aliphatic hydroxyl groups excluding tert-OH is 5. The van der Waals surface area contributed by atoms with Crippen molar-refractivity contribution < 1.29 is 106 Å². The first-order valence-electron chi connectivity index (χ1n) is 51.6. The first-order chi connectivity index (χ1) is 60.6. The molecule has 734 valence electrons. The molecule has 0 aromatic heterocycles. The van der Waals surface area contributed by atoms with Gasteiger partial charge in [0.1, 0.15) is 48.7 Å². The van der Waals surface area contributed by atoms with Gasteiger partial charge in [0.15, 0.2) is 24.8 Å². The normalized spacial score (nSPS) is 20.2. The lowest BCUT2D eigenvalue weighted by Crippen LogP contribution is -2.67. The number of unbranched alkanes of at least 4 members (excludes halogenated alkanes) is 53. The summed E-state index contributed by atoms with van der Waals surface area (Å²) in [4.78, 5) is 107. The van der Waals surface area contributed by atoms with Crippen LogP contribution in [0.2, 0.25) is 0 Å². The van der Waals surface area contributed by atoms with Gasteiger partial charge in [0, 0.05) is 12.8 Å². The van der Waals surface area contributed by atoms with E-state index in [0.717, 1.165) is 218 Å². The minimum absolute atomic E-state index is 0.133. The van der Waals surface area contributed by atoms with Gasteiger partial charge < -0.3 is 79.1 Å². The van der Waals surface area contributed by atoms with Crippen molar-refractivity contribution in [3.8, 4) is 0 Å². The van der Waals surface area contributed by atoms with Gasteiger partial charge in [-0.1, -0.05) is 388 Å². The van der Waals surface area contributed by atoms with Crippen LogP contribution >= 0.6 is 7.82 Å². The first kappa shape index (κ1) is 117. The molecule has 24 nitrogen and oxygen atoms in total. The summed E-state index contributed by atoms with van der Waals surface area (Å²) in [7, 11) is -5.62. The zero-order valence-corrected chi connectivity index (χ0v) is 80.7. The van der Waals surface area contributed by atoms with Crippen molar-refractivity contribution in [1.29, 1.82) is 0 Å². The number of carbonyl (C=O) groups excluding carboxylic acids is 6. The monoisotopic (exact) mass is 1800 g/mol. The van der Waals surface area contributed by atoms with E-state index in [2.05, 4.69) is 64.3 Å². The number of phosphoric acid groups is 1. The molecule has 14 atom stereocenters. The molecule has 2 aliphatic heterocycles. The van der Waals surface area contributed by atoms with Gasteiger partial charge in [-0.15, -0.1) is 0 Å². The van der Waals surface area contributed by atoms with E-state index >= 15 is 4.79 Å². The first-order valence-corrected chi connectivity index (χ1v) is 53.2. The van der Waals surface area contributed by atoms with Gasteiger partial charge in [-0.2, -0.15) is 0 Å². The van der Waals surface area contributed by atoms with E-state index in [0.29, 0.717) is 51.4 Å². The summed E-state index contributed by atoms with van der Waals surface area (Å²) in [6.07, 6.45) is 47.5. The van der Waals surface area contributed by atoms with Crippen LogP contribution in [0.4, 0.5) is 0 Å². The number of rotatable bonds is 87. The predicted molar refractivity (Wildman–Crippen MR) is 497 cm³/mol. The standard InChI is InChI=1S/C100H187N2O22P/c1-7-13-19-25-31-37-39-41-43-49-55-61-67-73-89(108)118-83(71-65-59-53-47-35-29-23-17-11-5)77-88(107)102-93-97(123-92(111)78-84(72-66-60-54-48-36-30-24-18-12-6)119-90(109)74-68-62-56-50-44-42-40-38-32-26-20-14-8-2)95(112)85(79-103)120-99(93)117-80-86-96(113)98(122-91(110)76-82(105)70-64-58-52-46-34-28-22-16-10-4)94(100(121-86)124-125(114,115)116)101-87(106)75-81(104)69-63-57-51-45-33-27-21-15-9-3/h37,39,81-86,93-100,103-105,112-113H,7-36,38,40-80H2,1-6H3,(H,101,106)(H,102,107)(H2,114,115,116)/b39-37-/t81?,82?,83?,84?,85?,86?,93?,94?,95?,96-,97-,98-,99-,100?/m1/s1. The van der Waals surface area contributed by atoms with Crippen LogP contribution in [0.15, 0.2) is 12.2 Å². The Kier molecular flexibility index (Phi) is 75.2. The summed E-state index contributed by atoms with van der Waals surface area (Å²) in [6, 6.07) is -3.57. The van der Waals surface area contributed by atoms with Crippen molar-refractivity contribution in [3.05, 3.63) is 12.2 Å². The van der Waals surface area contributed by atoms with E-state index in [4.69, 9.17) is 37.7 Å². The second kappa shape index (κ2) is 80.0. The SMILES string of the molecule is CCCCCC/C=C\CCCCCCCC(=O)OC(CCCCCCCCCCC)CC(=O)NC1[C@H](OCC2OC(OP(=O)(O)O)C(NC(=O)CC(O)CCCCCCCCCCC)[C@@H](OC(=O)CC(O)CCCCCCCCCCC)[C@@H]2O)OC(CO)C(O)[C@@H]1OC(=O)CC(CCCCCCCCCCC)OC(=O)CCCCCCCCCCCCCCC. The van der Waals surface area contributed by atoms with Crippen molar-refractivity contribution >= 4 is 43.5 Å². The number of nitrogens with one attached hydrogen (secondary N) is 2. The molecule has 0 aromatic rings. The average molecular weight is 1800 g/mol. The van der Waals surface area contributed by atoms with E-state index in [1.54, 1.807) is 0 Å². The molecule has 2 aliphatic rings. The van der Waals surface area contributed by atoms with E-state index in [1.807, 2.05) is 0 Å². The summed E-state index contributed by atoms with van der Waals surface area (Å²) in [5.41, 5.74) is 0. The molecule has 0 aliphatic carbocycles. The molecule has 2 heterocycles. The lowest BCUT2D eigenvalue weighted by atomic mass is 9.95. The van der Waals surface area contributed by atoms with E-state index in [-0.39, 0.29) is 25.7 Å². The minimum atomic E-state index is -5.62. The minimum Gasteiger partial charge on any atom is -0.462 e. The summed E-state index contributed by atoms with van der Waals surface area (Å²) >= 11 is 0. The van der Waals surface area contributed by atoms with Gasteiger partial charge in [0.05, 0.1) is 51.1 Å². The van der Waals surface area contributed by atoms with E-state index in [9.17, 15) is 63.9 Å². The maximum absolute atomic E-state index is 15.1.